The SMILES string of the molecule is COc1cccc(C(Nc2cncc(Cl)n2)c2cc(F)ccc2OC)c1. The Morgan fingerprint density at radius 2 is 1.92 bits per heavy atom. The molecule has 2 aromatic carbocycles. The highest BCUT2D eigenvalue weighted by Crippen LogP contribution is 2.34. The van der Waals surface area contributed by atoms with Gasteiger partial charge in [0, 0.05) is 5.56 Å². The van der Waals surface area contributed by atoms with Gasteiger partial charge in [-0.05, 0) is 35.9 Å². The van der Waals surface area contributed by atoms with Crippen LogP contribution in [0.5, 0.6) is 11.5 Å². The molecule has 1 unspecified atom stereocenters. The van der Waals surface area contributed by atoms with Crippen molar-refractivity contribution in [2.45, 2.75) is 6.04 Å². The first kappa shape index (κ1) is 17.9. The number of benzene rings is 2. The van der Waals surface area contributed by atoms with Crippen LogP contribution in [0, 0.1) is 5.82 Å². The van der Waals surface area contributed by atoms with Gasteiger partial charge in [0.2, 0.25) is 0 Å². The van der Waals surface area contributed by atoms with E-state index < -0.39 is 6.04 Å². The molecule has 0 saturated carbocycles. The summed E-state index contributed by atoms with van der Waals surface area (Å²) in [5.74, 6) is 1.31. The molecule has 0 aliphatic rings. The Bertz CT molecular complexity index is 907. The zero-order chi connectivity index (χ0) is 18.5. The molecule has 0 amide bonds. The van der Waals surface area contributed by atoms with Gasteiger partial charge < -0.3 is 14.8 Å². The maximum absolute atomic E-state index is 14.0. The van der Waals surface area contributed by atoms with Crippen LogP contribution < -0.4 is 14.8 Å². The molecule has 0 bridgehead atoms. The zero-order valence-electron chi connectivity index (χ0n) is 14.2. The van der Waals surface area contributed by atoms with Gasteiger partial charge in [-0.2, -0.15) is 0 Å². The third-order valence-corrected chi connectivity index (χ3v) is 4.01. The van der Waals surface area contributed by atoms with Crippen LogP contribution in [0.25, 0.3) is 0 Å². The summed E-state index contributed by atoms with van der Waals surface area (Å²) >= 11 is 5.93. The molecule has 7 heteroatoms. The lowest BCUT2D eigenvalue weighted by Gasteiger charge is -2.23. The van der Waals surface area contributed by atoms with E-state index in [9.17, 15) is 4.39 Å². The monoisotopic (exact) mass is 373 g/mol. The first-order chi connectivity index (χ1) is 12.6. The molecule has 26 heavy (non-hydrogen) atoms. The number of aromatic nitrogens is 2. The van der Waals surface area contributed by atoms with Gasteiger partial charge in [0.15, 0.2) is 0 Å². The number of rotatable bonds is 6. The van der Waals surface area contributed by atoms with Gasteiger partial charge >= 0.3 is 0 Å². The number of anilines is 1. The van der Waals surface area contributed by atoms with E-state index in [4.69, 9.17) is 21.1 Å². The molecule has 1 N–H and O–H groups in total. The highest BCUT2D eigenvalue weighted by molar-refractivity contribution is 6.29. The normalized spacial score (nSPS) is 11.7. The predicted octanol–water partition coefficient (Wildman–Crippen LogP) is 4.49. The summed E-state index contributed by atoms with van der Waals surface area (Å²) < 4.78 is 24.7. The van der Waals surface area contributed by atoms with Gasteiger partial charge in [-0.25, -0.2) is 9.37 Å². The van der Waals surface area contributed by atoms with E-state index in [0.717, 1.165) is 5.56 Å². The Balaban J connectivity index is 2.11. The van der Waals surface area contributed by atoms with Crippen molar-refractivity contribution in [1.29, 1.82) is 0 Å². The van der Waals surface area contributed by atoms with Gasteiger partial charge in [-0.1, -0.05) is 23.7 Å². The summed E-state index contributed by atoms with van der Waals surface area (Å²) in [4.78, 5) is 8.24. The first-order valence-corrected chi connectivity index (χ1v) is 8.20. The number of methoxy groups -OCH3 is 2. The Labute approximate surface area is 155 Å². The molecule has 3 aromatic rings. The standard InChI is InChI=1S/C19H17ClFN3O2/c1-25-14-5-3-4-12(8-14)19(24-18-11-22-10-17(20)23-18)15-9-13(21)6-7-16(15)26-2/h3-11,19H,1-2H3,(H,23,24). The third kappa shape index (κ3) is 4.03. The molecule has 3 rings (SSSR count). The molecule has 5 nitrogen and oxygen atoms in total. The summed E-state index contributed by atoms with van der Waals surface area (Å²) in [6, 6.07) is 11.4. The number of hydrogen-bond acceptors (Lipinski definition) is 5. The van der Waals surface area contributed by atoms with Crippen LogP contribution in [0.2, 0.25) is 5.15 Å². The maximum Gasteiger partial charge on any atom is 0.149 e. The van der Waals surface area contributed by atoms with Crippen molar-refractivity contribution >= 4 is 17.4 Å². The van der Waals surface area contributed by atoms with E-state index in [0.29, 0.717) is 22.9 Å². The zero-order valence-corrected chi connectivity index (χ0v) is 15.0. The second kappa shape index (κ2) is 8.01. The Kier molecular flexibility index (Phi) is 5.53. The molecule has 0 aliphatic carbocycles. The van der Waals surface area contributed by atoms with Gasteiger partial charge in [0.05, 0.1) is 32.7 Å². The third-order valence-electron chi connectivity index (χ3n) is 3.83. The molecule has 1 atom stereocenters. The van der Waals surface area contributed by atoms with Crippen LogP contribution in [0.3, 0.4) is 0 Å². The lowest BCUT2D eigenvalue weighted by molar-refractivity contribution is 0.406. The molecule has 0 spiro atoms. The van der Waals surface area contributed by atoms with Gasteiger partial charge in [0.1, 0.15) is 28.3 Å². The van der Waals surface area contributed by atoms with Crippen molar-refractivity contribution in [1.82, 2.24) is 9.97 Å². The number of nitrogens with zero attached hydrogens (tertiary/aromatic N) is 2. The Hall–Kier alpha value is -2.86. The molecule has 0 fully saturated rings. The minimum absolute atomic E-state index is 0.255. The molecule has 0 saturated heterocycles. The van der Waals surface area contributed by atoms with Crippen LogP contribution in [0.1, 0.15) is 17.2 Å². The summed E-state index contributed by atoms with van der Waals surface area (Å²) in [6.45, 7) is 0. The molecule has 134 valence electrons. The van der Waals surface area contributed by atoms with Crippen molar-refractivity contribution in [3.8, 4) is 11.5 Å². The van der Waals surface area contributed by atoms with E-state index >= 15 is 0 Å². The minimum Gasteiger partial charge on any atom is -0.497 e. The summed E-state index contributed by atoms with van der Waals surface area (Å²) in [5.41, 5.74) is 1.46. The minimum atomic E-state index is -0.455. The molecule has 1 aromatic heterocycles. The highest BCUT2D eigenvalue weighted by atomic mass is 35.5. The van der Waals surface area contributed by atoms with E-state index in [1.807, 2.05) is 24.3 Å². The fraction of sp³-hybridized carbons (Fsp3) is 0.158. The van der Waals surface area contributed by atoms with E-state index in [1.54, 1.807) is 26.5 Å². The first-order valence-electron chi connectivity index (χ1n) is 7.82. The van der Waals surface area contributed by atoms with Crippen LogP contribution >= 0.6 is 11.6 Å². The number of ether oxygens (including phenoxy) is 2. The summed E-state index contributed by atoms with van der Waals surface area (Å²) in [6.07, 6.45) is 2.99. The number of nitrogens with one attached hydrogen (secondary N) is 1. The van der Waals surface area contributed by atoms with Crippen LogP contribution in [-0.4, -0.2) is 24.2 Å². The van der Waals surface area contributed by atoms with Gasteiger partial charge in [0.25, 0.3) is 0 Å². The lowest BCUT2D eigenvalue weighted by Crippen LogP contribution is -2.15. The van der Waals surface area contributed by atoms with Crippen molar-refractivity contribution in [3.05, 3.63) is 77.0 Å². The van der Waals surface area contributed by atoms with Crippen LogP contribution in [0.15, 0.2) is 54.9 Å². The highest BCUT2D eigenvalue weighted by Gasteiger charge is 2.20. The number of halogens is 2. The average molecular weight is 374 g/mol. The Morgan fingerprint density at radius 3 is 2.65 bits per heavy atom. The summed E-state index contributed by atoms with van der Waals surface area (Å²) in [5, 5.41) is 3.50. The average Bonchev–Trinajstić information content (AvgIpc) is 2.66. The molecular weight excluding hydrogens is 357 g/mol. The molecule has 1 heterocycles. The smallest absolute Gasteiger partial charge is 0.149 e. The fourth-order valence-corrected chi connectivity index (χ4v) is 2.80. The maximum atomic E-state index is 14.0. The van der Waals surface area contributed by atoms with Crippen molar-refractivity contribution in [2.24, 2.45) is 0 Å². The Morgan fingerprint density at radius 1 is 1.08 bits per heavy atom. The lowest BCUT2D eigenvalue weighted by atomic mass is 9.97. The number of hydrogen-bond donors (Lipinski definition) is 1. The van der Waals surface area contributed by atoms with Crippen molar-refractivity contribution in [3.63, 3.8) is 0 Å². The fourth-order valence-electron chi connectivity index (χ4n) is 2.65. The quantitative estimate of drug-likeness (QED) is 0.690. The van der Waals surface area contributed by atoms with Crippen molar-refractivity contribution in [2.75, 3.05) is 19.5 Å². The van der Waals surface area contributed by atoms with Gasteiger partial charge in [-0.3, -0.25) is 4.98 Å². The summed E-state index contributed by atoms with van der Waals surface area (Å²) in [7, 11) is 3.13. The van der Waals surface area contributed by atoms with Gasteiger partial charge in [-0.15, -0.1) is 0 Å². The molecule has 0 radical (unpaired) electrons. The second-order valence-corrected chi connectivity index (χ2v) is 5.85. The van der Waals surface area contributed by atoms with E-state index in [1.165, 1.54) is 18.3 Å². The van der Waals surface area contributed by atoms with Crippen LogP contribution in [-0.2, 0) is 0 Å². The largest absolute Gasteiger partial charge is 0.497 e. The second-order valence-electron chi connectivity index (χ2n) is 5.47. The molecular formula is C19H17ClFN3O2. The van der Waals surface area contributed by atoms with E-state index in [2.05, 4.69) is 15.3 Å². The van der Waals surface area contributed by atoms with Crippen molar-refractivity contribution < 1.29 is 13.9 Å². The van der Waals surface area contributed by atoms with E-state index in [-0.39, 0.29) is 11.0 Å². The van der Waals surface area contributed by atoms with Crippen LogP contribution in [0.4, 0.5) is 10.2 Å². The predicted molar refractivity (Wildman–Crippen MR) is 98.5 cm³/mol. The molecule has 0 aliphatic heterocycles. The topological polar surface area (TPSA) is 56.3 Å².